The molecule has 154 valence electrons. The average molecular weight is 427 g/mol. The Hall–Kier alpha value is -3.01. The van der Waals surface area contributed by atoms with Crippen molar-refractivity contribution in [3.63, 3.8) is 0 Å². The van der Waals surface area contributed by atoms with Gasteiger partial charge in [0.15, 0.2) is 0 Å². The van der Waals surface area contributed by atoms with E-state index in [1.165, 1.54) is 6.07 Å². The molecule has 0 unspecified atom stereocenters. The number of anilines is 3. The monoisotopic (exact) mass is 426 g/mol. The van der Waals surface area contributed by atoms with Gasteiger partial charge in [0.25, 0.3) is 5.91 Å². The molecule has 0 bridgehead atoms. The summed E-state index contributed by atoms with van der Waals surface area (Å²) in [4.78, 5) is 23.3. The van der Waals surface area contributed by atoms with E-state index in [-0.39, 0.29) is 22.7 Å². The summed E-state index contributed by atoms with van der Waals surface area (Å²) in [6.07, 6.45) is -2.03. The van der Waals surface area contributed by atoms with Crippen LogP contribution >= 0.6 is 11.6 Å². The lowest BCUT2D eigenvalue weighted by Gasteiger charge is -2.12. The maximum atomic E-state index is 12.6. The van der Waals surface area contributed by atoms with E-state index in [2.05, 4.69) is 30.9 Å². The largest absolute Gasteiger partial charge is 0.405 e. The van der Waals surface area contributed by atoms with Gasteiger partial charge in [-0.25, -0.2) is 0 Å². The minimum atomic E-state index is -4.39. The number of fused-ring (bicyclic) bond motifs is 1. The van der Waals surface area contributed by atoms with Crippen molar-refractivity contribution in [2.75, 3.05) is 23.7 Å². The molecule has 1 aromatic carbocycles. The van der Waals surface area contributed by atoms with Crippen LogP contribution in [0.4, 0.5) is 30.6 Å². The number of nitrogens with one attached hydrogen (secondary N) is 4. The molecule has 0 aliphatic carbocycles. The van der Waals surface area contributed by atoms with Crippen LogP contribution in [0.5, 0.6) is 0 Å². The van der Waals surface area contributed by atoms with E-state index in [9.17, 15) is 18.0 Å². The summed E-state index contributed by atoms with van der Waals surface area (Å²) in [6.45, 7) is 1.25. The fourth-order valence-corrected chi connectivity index (χ4v) is 2.82. The molecule has 0 atom stereocenters. The maximum Gasteiger partial charge on any atom is 0.405 e. The zero-order valence-corrected chi connectivity index (χ0v) is 16.1. The van der Waals surface area contributed by atoms with E-state index in [0.717, 1.165) is 6.42 Å². The first-order chi connectivity index (χ1) is 13.8. The number of carbonyl (C=O) groups excluding carboxylic acids is 1. The molecule has 3 rings (SSSR count). The SMILES string of the molecule is CCCNC(=O)c1ccc(Nc2nc(NCC(F)(F)F)c3cc[nH]c3n2)cc1Cl. The summed E-state index contributed by atoms with van der Waals surface area (Å²) < 4.78 is 37.7. The minimum Gasteiger partial charge on any atom is -0.360 e. The number of rotatable bonds is 7. The lowest BCUT2D eigenvalue weighted by Crippen LogP contribution is -2.24. The number of carbonyl (C=O) groups is 1. The highest BCUT2D eigenvalue weighted by molar-refractivity contribution is 6.34. The smallest absolute Gasteiger partial charge is 0.360 e. The van der Waals surface area contributed by atoms with Crippen LogP contribution in [0, 0.1) is 0 Å². The Labute approximate surface area is 169 Å². The fourth-order valence-electron chi connectivity index (χ4n) is 2.56. The molecule has 2 aromatic heterocycles. The topological polar surface area (TPSA) is 94.7 Å². The minimum absolute atomic E-state index is 0.0396. The molecule has 0 aliphatic heterocycles. The van der Waals surface area contributed by atoms with E-state index in [4.69, 9.17) is 11.6 Å². The molecule has 0 fully saturated rings. The van der Waals surface area contributed by atoms with Gasteiger partial charge in [0, 0.05) is 18.4 Å². The first kappa shape index (κ1) is 20.7. The summed E-state index contributed by atoms with van der Waals surface area (Å²) in [5, 5.41) is 8.56. The van der Waals surface area contributed by atoms with Crippen molar-refractivity contribution in [2.45, 2.75) is 19.5 Å². The van der Waals surface area contributed by atoms with Crippen LogP contribution in [0.2, 0.25) is 5.02 Å². The number of amides is 1. The van der Waals surface area contributed by atoms with Gasteiger partial charge in [-0.1, -0.05) is 18.5 Å². The summed E-state index contributed by atoms with van der Waals surface area (Å²) in [5.74, 6) is -0.173. The highest BCUT2D eigenvalue weighted by Gasteiger charge is 2.27. The quantitative estimate of drug-likeness (QED) is 0.447. The van der Waals surface area contributed by atoms with Gasteiger partial charge in [-0.05, 0) is 30.7 Å². The molecule has 0 saturated heterocycles. The van der Waals surface area contributed by atoms with E-state index >= 15 is 0 Å². The number of H-pyrrole nitrogens is 1. The third-order valence-corrected chi connectivity index (χ3v) is 4.19. The van der Waals surface area contributed by atoms with Crippen LogP contribution in [-0.4, -0.2) is 40.1 Å². The molecule has 0 aliphatic rings. The summed E-state index contributed by atoms with van der Waals surface area (Å²) >= 11 is 6.19. The number of aromatic amines is 1. The Morgan fingerprint density at radius 1 is 1.24 bits per heavy atom. The van der Waals surface area contributed by atoms with E-state index in [1.54, 1.807) is 24.4 Å². The predicted molar refractivity (Wildman–Crippen MR) is 106 cm³/mol. The molecule has 0 saturated carbocycles. The van der Waals surface area contributed by atoms with Gasteiger partial charge in [-0.3, -0.25) is 4.79 Å². The van der Waals surface area contributed by atoms with Crippen LogP contribution in [0.3, 0.4) is 0 Å². The molecular formula is C18H18ClF3N6O. The third kappa shape index (κ3) is 5.29. The second kappa shape index (κ2) is 8.56. The number of nitrogens with zero attached hydrogens (tertiary/aromatic N) is 2. The Balaban J connectivity index is 1.82. The van der Waals surface area contributed by atoms with Gasteiger partial charge < -0.3 is 20.9 Å². The lowest BCUT2D eigenvalue weighted by molar-refractivity contribution is -0.115. The van der Waals surface area contributed by atoms with Gasteiger partial charge >= 0.3 is 6.18 Å². The van der Waals surface area contributed by atoms with Crippen LogP contribution in [-0.2, 0) is 0 Å². The average Bonchev–Trinajstić information content (AvgIpc) is 3.12. The van der Waals surface area contributed by atoms with Crippen molar-refractivity contribution in [3.8, 4) is 0 Å². The zero-order valence-electron chi connectivity index (χ0n) is 15.3. The molecule has 0 radical (unpaired) electrons. The second-order valence-electron chi connectivity index (χ2n) is 6.18. The number of halogens is 4. The Kier molecular flexibility index (Phi) is 6.12. The van der Waals surface area contributed by atoms with Crippen LogP contribution < -0.4 is 16.0 Å². The van der Waals surface area contributed by atoms with Gasteiger partial charge in [0.1, 0.15) is 18.0 Å². The van der Waals surface area contributed by atoms with Crippen molar-refractivity contribution in [1.29, 1.82) is 0 Å². The van der Waals surface area contributed by atoms with E-state index in [0.29, 0.717) is 28.8 Å². The van der Waals surface area contributed by atoms with Crippen LogP contribution in [0.1, 0.15) is 23.7 Å². The molecule has 0 spiro atoms. The highest BCUT2D eigenvalue weighted by Crippen LogP contribution is 2.26. The molecule has 11 heteroatoms. The van der Waals surface area contributed by atoms with Crippen LogP contribution in [0.15, 0.2) is 30.5 Å². The maximum absolute atomic E-state index is 12.6. The van der Waals surface area contributed by atoms with Crippen molar-refractivity contribution in [2.24, 2.45) is 0 Å². The van der Waals surface area contributed by atoms with Crippen LogP contribution in [0.25, 0.3) is 11.0 Å². The fraction of sp³-hybridized carbons (Fsp3) is 0.278. The summed E-state index contributed by atoms with van der Waals surface area (Å²) in [5.41, 5.74) is 1.17. The number of hydrogen-bond donors (Lipinski definition) is 4. The summed E-state index contributed by atoms with van der Waals surface area (Å²) in [6, 6.07) is 6.26. The normalized spacial score (nSPS) is 11.5. The number of benzene rings is 1. The van der Waals surface area contributed by atoms with Crippen molar-refractivity contribution in [3.05, 3.63) is 41.0 Å². The summed E-state index contributed by atoms with van der Waals surface area (Å²) in [7, 11) is 0. The molecule has 2 heterocycles. The van der Waals surface area contributed by atoms with Gasteiger partial charge in [-0.15, -0.1) is 0 Å². The molecule has 29 heavy (non-hydrogen) atoms. The van der Waals surface area contributed by atoms with Gasteiger partial charge in [-0.2, -0.15) is 23.1 Å². The number of aromatic nitrogens is 3. The Bertz CT molecular complexity index is 1020. The number of hydrogen-bond acceptors (Lipinski definition) is 5. The third-order valence-electron chi connectivity index (χ3n) is 3.88. The highest BCUT2D eigenvalue weighted by atomic mass is 35.5. The first-order valence-corrected chi connectivity index (χ1v) is 9.15. The second-order valence-corrected chi connectivity index (χ2v) is 6.59. The van der Waals surface area contributed by atoms with E-state index < -0.39 is 12.7 Å². The lowest BCUT2D eigenvalue weighted by atomic mass is 10.2. The van der Waals surface area contributed by atoms with Crippen molar-refractivity contribution in [1.82, 2.24) is 20.3 Å². The van der Waals surface area contributed by atoms with Gasteiger partial charge in [0.05, 0.1) is 16.0 Å². The standard InChI is InChI=1S/C18H18ClF3N6O/c1-2-6-24-16(29)11-4-3-10(8-13(11)19)26-17-27-14-12(5-7-23-14)15(28-17)25-9-18(20,21)22/h3-5,7-8H,2,6,9H2,1H3,(H,24,29)(H3,23,25,26,27,28). The molecule has 3 aromatic rings. The van der Waals surface area contributed by atoms with E-state index in [1.807, 2.05) is 6.92 Å². The molecule has 1 amide bonds. The predicted octanol–water partition coefficient (Wildman–Crippen LogP) is 4.47. The zero-order chi connectivity index (χ0) is 21.0. The number of alkyl halides is 3. The Morgan fingerprint density at radius 3 is 2.72 bits per heavy atom. The molecule has 7 nitrogen and oxygen atoms in total. The molecule has 4 N–H and O–H groups in total. The first-order valence-electron chi connectivity index (χ1n) is 8.77. The van der Waals surface area contributed by atoms with Gasteiger partial charge in [0.2, 0.25) is 5.95 Å². The van der Waals surface area contributed by atoms with Crippen molar-refractivity contribution >= 4 is 46.0 Å². The Morgan fingerprint density at radius 2 is 2.03 bits per heavy atom. The molecular weight excluding hydrogens is 409 g/mol. The van der Waals surface area contributed by atoms with Crippen molar-refractivity contribution < 1.29 is 18.0 Å².